The molecule has 3 N–H and O–H groups in total. The molecular weight excluding hydrogens is 426 g/mol. The summed E-state index contributed by atoms with van der Waals surface area (Å²) in [5.41, 5.74) is 5.66. The molecule has 162 valence electrons. The third kappa shape index (κ3) is 4.19. The van der Waals surface area contributed by atoms with Gasteiger partial charge in [-0.25, -0.2) is 4.79 Å². The molecule has 0 spiro atoms. The van der Waals surface area contributed by atoms with Gasteiger partial charge in [-0.2, -0.15) is 0 Å². The van der Waals surface area contributed by atoms with Gasteiger partial charge < -0.3 is 17.5 Å². The number of nitrogens with zero attached hydrogens (tertiary/aromatic N) is 1. The van der Waals surface area contributed by atoms with Crippen LogP contribution < -0.4 is 27.8 Å². The Labute approximate surface area is 191 Å². The summed E-state index contributed by atoms with van der Waals surface area (Å²) >= 11 is 0. The van der Waals surface area contributed by atoms with Crippen LogP contribution in [0.1, 0.15) is 22.8 Å². The van der Waals surface area contributed by atoms with E-state index in [2.05, 4.69) is 10.9 Å². The zero-order valence-electron chi connectivity index (χ0n) is 17.3. The van der Waals surface area contributed by atoms with E-state index in [1.165, 1.54) is 11.5 Å². The van der Waals surface area contributed by atoms with Gasteiger partial charge in [0, 0.05) is 11.5 Å². The first kappa shape index (κ1) is 22.9. The van der Waals surface area contributed by atoms with Crippen molar-refractivity contribution in [3.8, 4) is 0 Å². The maximum Gasteiger partial charge on any atom is 0.389 e. The first-order valence-corrected chi connectivity index (χ1v) is 9.86. The largest absolute Gasteiger partial charge is 1.00 e. The molecule has 0 saturated carbocycles. The standard InChI is InChI=1S/C25H21N3O3.ClH/c1-18(29)28-17-9-11-19-10-8-16-22(23(19)28)26-27-24(30)25(31,20-12-4-2-5-13-20)21-14-6-3-7-15-21;/h2-17,26,31H,1H3;1H. The highest BCUT2D eigenvalue weighted by Crippen LogP contribution is 2.30. The summed E-state index contributed by atoms with van der Waals surface area (Å²) in [6, 6.07) is 26.7. The van der Waals surface area contributed by atoms with Gasteiger partial charge in [0.2, 0.25) is 5.52 Å². The number of aliphatic hydroxyl groups is 1. The minimum Gasteiger partial charge on any atom is -1.00 e. The molecule has 4 rings (SSSR count). The van der Waals surface area contributed by atoms with Gasteiger partial charge >= 0.3 is 5.91 Å². The number of rotatable bonds is 5. The van der Waals surface area contributed by atoms with Crippen molar-refractivity contribution in [2.45, 2.75) is 12.5 Å². The van der Waals surface area contributed by atoms with Crippen LogP contribution >= 0.6 is 0 Å². The van der Waals surface area contributed by atoms with Crippen molar-refractivity contribution in [3.05, 3.63) is 108 Å². The number of pyridine rings is 1. The molecule has 1 heterocycles. The van der Waals surface area contributed by atoms with E-state index in [4.69, 9.17) is 0 Å². The maximum absolute atomic E-state index is 13.3. The second-order valence-electron chi connectivity index (χ2n) is 7.16. The Balaban J connectivity index is 0.00000289. The lowest BCUT2D eigenvalue weighted by Crippen LogP contribution is -3.00. The van der Waals surface area contributed by atoms with Crippen molar-refractivity contribution in [1.29, 1.82) is 0 Å². The van der Waals surface area contributed by atoms with E-state index in [9.17, 15) is 14.7 Å². The number of benzene rings is 3. The van der Waals surface area contributed by atoms with E-state index >= 15 is 0 Å². The van der Waals surface area contributed by atoms with Crippen molar-refractivity contribution in [2.75, 3.05) is 5.43 Å². The molecule has 0 aliphatic carbocycles. The third-order valence-corrected chi connectivity index (χ3v) is 5.18. The first-order valence-electron chi connectivity index (χ1n) is 9.86. The Morgan fingerprint density at radius 1 is 0.812 bits per heavy atom. The molecular formula is C25H22ClN3O3. The first-order chi connectivity index (χ1) is 15.0. The molecule has 0 atom stereocenters. The van der Waals surface area contributed by atoms with Crippen LogP contribution in [0.3, 0.4) is 0 Å². The smallest absolute Gasteiger partial charge is 0.389 e. The summed E-state index contributed by atoms with van der Waals surface area (Å²) in [5.74, 6) is -0.802. The molecule has 3 aromatic carbocycles. The minimum atomic E-state index is -1.91. The van der Waals surface area contributed by atoms with Gasteiger partial charge in [-0.3, -0.25) is 15.6 Å². The molecule has 1 amide bonds. The van der Waals surface area contributed by atoms with E-state index in [1.54, 1.807) is 66.9 Å². The van der Waals surface area contributed by atoms with Crippen LogP contribution in [0.15, 0.2) is 97.2 Å². The summed E-state index contributed by atoms with van der Waals surface area (Å²) in [6.07, 6.45) is 1.67. The molecule has 4 aromatic rings. The number of hydrazine groups is 1. The van der Waals surface area contributed by atoms with E-state index in [1.807, 2.05) is 30.3 Å². The van der Waals surface area contributed by atoms with E-state index in [0.717, 1.165) is 5.39 Å². The zero-order chi connectivity index (χ0) is 21.8. The monoisotopic (exact) mass is 447 g/mol. The minimum absolute atomic E-state index is 0. The average molecular weight is 448 g/mol. The van der Waals surface area contributed by atoms with Crippen LogP contribution in [0, 0.1) is 0 Å². The number of hydrogen-bond acceptors (Lipinski definition) is 4. The van der Waals surface area contributed by atoms with Gasteiger partial charge in [-0.15, -0.1) is 4.57 Å². The fraction of sp³-hybridized carbons (Fsp3) is 0.0800. The molecule has 7 heteroatoms. The van der Waals surface area contributed by atoms with Crippen molar-refractivity contribution in [2.24, 2.45) is 0 Å². The van der Waals surface area contributed by atoms with Gasteiger partial charge in [0.1, 0.15) is 5.69 Å². The fourth-order valence-electron chi connectivity index (χ4n) is 3.64. The number of anilines is 1. The number of carbonyl (C=O) groups is 2. The van der Waals surface area contributed by atoms with Crippen molar-refractivity contribution < 1.29 is 31.7 Å². The van der Waals surface area contributed by atoms with Gasteiger partial charge in [0.15, 0.2) is 11.8 Å². The third-order valence-electron chi connectivity index (χ3n) is 5.18. The number of halogens is 1. The van der Waals surface area contributed by atoms with Gasteiger partial charge in [0.05, 0.1) is 6.92 Å². The molecule has 0 saturated heterocycles. The van der Waals surface area contributed by atoms with E-state index in [-0.39, 0.29) is 18.3 Å². The van der Waals surface area contributed by atoms with Crippen LogP contribution in [0.2, 0.25) is 0 Å². The van der Waals surface area contributed by atoms with Gasteiger partial charge in [0.25, 0.3) is 5.91 Å². The normalized spacial score (nSPS) is 10.8. The highest BCUT2D eigenvalue weighted by molar-refractivity contribution is 5.94. The topological polar surface area (TPSA) is 82.3 Å². The molecule has 0 aliphatic rings. The van der Waals surface area contributed by atoms with E-state index in [0.29, 0.717) is 22.3 Å². The summed E-state index contributed by atoms with van der Waals surface area (Å²) in [5, 5.41) is 12.4. The summed E-state index contributed by atoms with van der Waals surface area (Å²) in [4.78, 5) is 25.4. The number of amides is 1. The van der Waals surface area contributed by atoms with Crippen LogP contribution in [0.5, 0.6) is 0 Å². The van der Waals surface area contributed by atoms with Crippen molar-refractivity contribution in [1.82, 2.24) is 5.43 Å². The zero-order valence-corrected chi connectivity index (χ0v) is 18.1. The molecule has 32 heavy (non-hydrogen) atoms. The Kier molecular flexibility index (Phi) is 6.88. The lowest BCUT2D eigenvalue weighted by atomic mass is 9.85. The fourth-order valence-corrected chi connectivity index (χ4v) is 3.64. The second kappa shape index (κ2) is 9.60. The lowest BCUT2D eigenvalue weighted by molar-refractivity contribution is -0.544. The van der Waals surface area contributed by atoms with Crippen molar-refractivity contribution >= 4 is 28.4 Å². The molecule has 0 fully saturated rings. The van der Waals surface area contributed by atoms with Crippen LogP contribution in [0.4, 0.5) is 5.69 Å². The lowest BCUT2D eigenvalue weighted by Gasteiger charge is -2.28. The predicted octanol–water partition coefficient (Wildman–Crippen LogP) is 0.171. The Bertz CT molecular complexity index is 1200. The number of carbonyl (C=O) groups excluding carboxylic acids is 2. The molecule has 0 radical (unpaired) electrons. The average Bonchev–Trinajstić information content (AvgIpc) is 2.82. The molecule has 1 aromatic heterocycles. The van der Waals surface area contributed by atoms with Gasteiger partial charge in [-0.1, -0.05) is 66.7 Å². The maximum atomic E-state index is 13.3. The molecule has 0 bridgehead atoms. The highest BCUT2D eigenvalue weighted by Gasteiger charge is 2.40. The number of fused-ring (bicyclic) bond motifs is 1. The summed E-state index contributed by atoms with van der Waals surface area (Å²) in [6.45, 7) is 1.47. The Morgan fingerprint density at radius 3 is 1.94 bits per heavy atom. The number of nitrogens with one attached hydrogen (secondary N) is 2. The van der Waals surface area contributed by atoms with Crippen LogP contribution in [-0.2, 0) is 10.4 Å². The van der Waals surface area contributed by atoms with Gasteiger partial charge in [-0.05, 0) is 29.3 Å². The van der Waals surface area contributed by atoms with Crippen LogP contribution in [-0.4, -0.2) is 16.9 Å². The Hall–Kier alpha value is -3.74. The highest BCUT2D eigenvalue weighted by atomic mass is 35.5. The molecule has 0 aliphatic heterocycles. The number of para-hydroxylation sites is 1. The van der Waals surface area contributed by atoms with Crippen molar-refractivity contribution in [3.63, 3.8) is 0 Å². The Morgan fingerprint density at radius 2 is 1.38 bits per heavy atom. The summed E-state index contributed by atoms with van der Waals surface area (Å²) < 4.78 is 1.50. The van der Waals surface area contributed by atoms with Crippen LogP contribution in [0.25, 0.3) is 10.9 Å². The number of hydrogen-bond donors (Lipinski definition) is 3. The summed E-state index contributed by atoms with van der Waals surface area (Å²) in [7, 11) is 0. The molecule has 6 nitrogen and oxygen atoms in total. The SMILES string of the molecule is CC(=O)[n+]1cccc2cccc(NNC(=O)C(O)(c3ccccc3)c3ccccc3)c21.[Cl-]. The molecule has 0 unspecified atom stereocenters. The quantitative estimate of drug-likeness (QED) is 0.301. The second-order valence-corrected chi connectivity index (χ2v) is 7.16. The predicted molar refractivity (Wildman–Crippen MR) is 118 cm³/mol. The van der Waals surface area contributed by atoms with E-state index < -0.39 is 11.5 Å². The number of aromatic nitrogens is 1.